The summed E-state index contributed by atoms with van der Waals surface area (Å²) >= 11 is 0. The van der Waals surface area contributed by atoms with Crippen molar-refractivity contribution >= 4 is 17.0 Å². The third kappa shape index (κ3) is 3.06. The average molecular weight is 350 g/mol. The number of benzene rings is 2. The maximum absolute atomic E-state index is 13.0. The first-order chi connectivity index (χ1) is 12.6. The molecule has 7 heteroatoms. The van der Waals surface area contributed by atoms with E-state index in [0.29, 0.717) is 34.9 Å². The Kier molecular flexibility index (Phi) is 3.96. The molecule has 0 saturated heterocycles. The molecule has 6 nitrogen and oxygen atoms in total. The van der Waals surface area contributed by atoms with Crippen molar-refractivity contribution in [2.45, 2.75) is 6.54 Å². The number of aromatic nitrogens is 3. The third-order valence-corrected chi connectivity index (χ3v) is 4.02. The van der Waals surface area contributed by atoms with Gasteiger partial charge in [0.05, 0.1) is 0 Å². The Morgan fingerprint density at radius 3 is 2.77 bits per heavy atom. The number of hydrogen-bond donors (Lipinski definition) is 1. The number of nitrogens with zero attached hydrogens (tertiary/aromatic N) is 3. The normalized spacial score (nSPS) is 11.0. The van der Waals surface area contributed by atoms with Crippen molar-refractivity contribution in [1.29, 1.82) is 0 Å². The van der Waals surface area contributed by atoms with E-state index in [1.54, 1.807) is 42.2 Å². The second-order valence-electron chi connectivity index (χ2n) is 5.87. The van der Waals surface area contributed by atoms with Gasteiger partial charge in [-0.25, -0.2) is 14.4 Å². The Hall–Kier alpha value is -3.48. The lowest BCUT2D eigenvalue weighted by Gasteiger charge is -2.05. The highest BCUT2D eigenvalue weighted by Crippen LogP contribution is 2.25. The van der Waals surface area contributed by atoms with E-state index >= 15 is 0 Å². The summed E-state index contributed by atoms with van der Waals surface area (Å²) in [6.45, 7) is 0.348. The minimum atomic E-state index is -0.310. The lowest BCUT2D eigenvalue weighted by molar-refractivity contribution is 0.0937. The number of amides is 1. The molecule has 2 heterocycles. The summed E-state index contributed by atoms with van der Waals surface area (Å²) in [6.07, 6.45) is 3.29. The second kappa shape index (κ2) is 6.44. The van der Waals surface area contributed by atoms with Crippen LogP contribution in [0.1, 0.15) is 16.2 Å². The van der Waals surface area contributed by atoms with Crippen molar-refractivity contribution in [3.05, 3.63) is 72.1 Å². The second-order valence-corrected chi connectivity index (χ2v) is 5.87. The molecule has 1 N–H and O–H groups in total. The van der Waals surface area contributed by atoms with Crippen LogP contribution >= 0.6 is 0 Å². The van der Waals surface area contributed by atoms with Crippen molar-refractivity contribution in [2.75, 3.05) is 0 Å². The van der Waals surface area contributed by atoms with Crippen molar-refractivity contribution < 1.29 is 13.6 Å². The Morgan fingerprint density at radius 1 is 1.23 bits per heavy atom. The van der Waals surface area contributed by atoms with Gasteiger partial charge < -0.3 is 14.3 Å². The zero-order chi connectivity index (χ0) is 18.1. The van der Waals surface area contributed by atoms with Gasteiger partial charge in [-0.2, -0.15) is 0 Å². The fraction of sp³-hybridized carbons (Fsp3) is 0.105. The molecule has 0 fully saturated rings. The number of halogens is 1. The van der Waals surface area contributed by atoms with Crippen molar-refractivity contribution in [3.63, 3.8) is 0 Å². The van der Waals surface area contributed by atoms with Crippen molar-refractivity contribution in [1.82, 2.24) is 19.9 Å². The van der Waals surface area contributed by atoms with Gasteiger partial charge in [-0.3, -0.25) is 4.79 Å². The maximum Gasteiger partial charge on any atom is 0.287 e. The molecular formula is C19H15FN4O2. The monoisotopic (exact) mass is 350 g/mol. The van der Waals surface area contributed by atoms with Crippen LogP contribution in [0.4, 0.5) is 4.39 Å². The summed E-state index contributed by atoms with van der Waals surface area (Å²) in [6, 6.07) is 11.5. The van der Waals surface area contributed by atoms with Crippen LogP contribution in [0, 0.1) is 5.82 Å². The van der Waals surface area contributed by atoms with Crippen molar-refractivity contribution in [3.8, 4) is 11.5 Å². The van der Waals surface area contributed by atoms with Gasteiger partial charge in [0.15, 0.2) is 11.4 Å². The fourth-order valence-corrected chi connectivity index (χ4v) is 2.64. The van der Waals surface area contributed by atoms with Crippen molar-refractivity contribution in [2.24, 2.45) is 7.05 Å². The van der Waals surface area contributed by atoms with E-state index in [4.69, 9.17) is 4.42 Å². The van der Waals surface area contributed by atoms with Crippen LogP contribution < -0.4 is 5.32 Å². The Balaban J connectivity index is 1.53. The molecule has 0 aliphatic carbocycles. The lowest BCUT2D eigenvalue weighted by Crippen LogP contribution is -2.25. The van der Waals surface area contributed by atoms with Gasteiger partial charge >= 0.3 is 0 Å². The van der Waals surface area contributed by atoms with Crippen LogP contribution in [0.25, 0.3) is 22.6 Å². The summed E-state index contributed by atoms with van der Waals surface area (Å²) in [4.78, 5) is 20.6. The number of fused-ring (bicyclic) bond motifs is 1. The summed E-state index contributed by atoms with van der Waals surface area (Å²) in [7, 11) is 1.76. The first-order valence-electron chi connectivity index (χ1n) is 8.01. The molecule has 0 saturated carbocycles. The van der Waals surface area contributed by atoms with Crippen LogP contribution in [0.2, 0.25) is 0 Å². The minimum Gasteiger partial charge on any atom is -0.436 e. The molecule has 0 bridgehead atoms. The van der Waals surface area contributed by atoms with Gasteiger partial charge in [0.1, 0.15) is 11.3 Å². The molecule has 26 heavy (non-hydrogen) atoms. The molecule has 2 aromatic heterocycles. The molecule has 0 radical (unpaired) electrons. The van der Waals surface area contributed by atoms with E-state index in [2.05, 4.69) is 15.3 Å². The highest BCUT2D eigenvalue weighted by Gasteiger charge is 2.12. The SMILES string of the molecule is Cn1ccnc1C(=O)NCc1ccc2oc(-c3ccc(F)cc3)nc2c1. The fourth-order valence-electron chi connectivity index (χ4n) is 2.64. The van der Waals surface area contributed by atoms with E-state index in [1.165, 1.54) is 12.1 Å². The smallest absolute Gasteiger partial charge is 0.287 e. The molecule has 2 aromatic carbocycles. The van der Waals surface area contributed by atoms with Crippen LogP contribution in [0.15, 0.2) is 59.3 Å². The average Bonchev–Trinajstić information content (AvgIpc) is 3.26. The van der Waals surface area contributed by atoms with E-state index in [1.807, 2.05) is 12.1 Å². The molecule has 0 aliphatic heterocycles. The third-order valence-electron chi connectivity index (χ3n) is 4.02. The molecule has 0 spiro atoms. The molecule has 1 amide bonds. The number of imidazole rings is 1. The molecule has 0 unspecified atom stereocenters. The summed E-state index contributed by atoms with van der Waals surface area (Å²) in [5.74, 6) is 0.223. The van der Waals surface area contributed by atoms with E-state index in [-0.39, 0.29) is 11.7 Å². The summed E-state index contributed by atoms with van der Waals surface area (Å²) in [5.41, 5.74) is 2.89. The number of carbonyl (C=O) groups excluding carboxylic acids is 1. The van der Waals surface area contributed by atoms with Gasteiger partial charge in [-0.15, -0.1) is 0 Å². The van der Waals surface area contributed by atoms with Crippen LogP contribution in [-0.4, -0.2) is 20.4 Å². The predicted molar refractivity (Wildman–Crippen MR) is 93.8 cm³/mol. The summed E-state index contributed by atoms with van der Waals surface area (Å²) < 4.78 is 20.4. The zero-order valence-electron chi connectivity index (χ0n) is 13.9. The number of nitrogens with one attached hydrogen (secondary N) is 1. The standard InChI is InChI=1S/C19H15FN4O2/c1-24-9-8-21-17(24)18(25)22-11-12-2-7-16-15(10-12)23-19(26-16)13-3-5-14(20)6-4-13/h2-10H,11H2,1H3,(H,22,25). The largest absolute Gasteiger partial charge is 0.436 e. The first kappa shape index (κ1) is 16.0. The summed E-state index contributed by atoms with van der Waals surface area (Å²) in [5, 5.41) is 2.83. The van der Waals surface area contributed by atoms with Gasteiger partial charge in [0.25, 0.3) is 5.91 Å². The maximum atomic E-state index is 13.0. The predicted octanol–water partition coefficient (Wildman–Crippen LogP) is 3.30. The topological polar surface area (TPSA) is 73.0 Å². The molecule has 4 aromatic rings. The highest BCUT2D eigenvalue weighted by molar-refractivity contribution is 5.90. The van der Waals surface area contributed by atoms with Gasteiger partial charge in [-0.05, 0) is 42.0 Å². The van der Waals surface area contributed by atoms with E-state index < -0.39 is 0 Å². The minimum absolute atomic E-state index is 0.246. The first-order valence-corrected chi connectivity index (χ1v) is 8.01. The van der Waals surface area contributed by atoms with Gasteiger partial charge in [-0.1, -0.05) is 6.07 Å². The number of hydrogen-bond acceptors (Lipinski definition) is 4. The van der Waals surface area contributed by atoms with Crippen LogP contribution in [0.5, 0.6) is 0 Å². The number of oxazole rings is 1. The zero-order valence-corrected chi connectivity index (χ0v) is 13.9. The number of rotatable bonds is 4. The molecule has 0 atom stereocenters. The van der Waals surface area contributed by atoms with Crippen LogP contribution in [0.3, 0.4) is 0 Å². The molecular weight excluding hydrogens is 335 g/mol. The van der Waals surface area contributed by atoms with Gasteiger partial charge in [0.2, 0.25) is 5.89 Å². The molecule has 0 aliphatic rings. The van der Waals surface area contributed by atoms with E-state index in [0.717, 1.165) is 5.56 Å². The number of carbonyl (C=O) groups is 1. The quantitative estimate of drug-likeness (QED) is 0.613. The Labute approximate surface area is 148 Å². The molecule has 4 rings (SSSR count). The molecule has 130 valence electrons. The number of aryl methyl sites for hydroxylation is 1. The Morgan fingerprint density at radius 2 is 2.04 bits per heavy atom. The van der Waals surface area contributed by atoms with E-state index in [9.17, 15) is 9.18 Å². The van der Waals surface area contributed by atoms with Gasteiger partial charge in [0, 0.05) is 31.5 Å². The Bertz CT molecular complexity index is 1080. The van der Waals surface area contributed by atoms with Crippen LogP contribution in [-0.2, 0) is 13.6 Å². The lowest BCUT2D eigenvalue weighted by atomic mass is 10.2. The highest BCUT2D eigenvalue weighted by atomic mass is 19.1.